The second-order valence-corrected chi connectivity index (χ2v) is 35.0. The van der Waals surface area contributed by atoms with Crippen molar-refractivity contribution in [2.24, 2.45) is 0 Å². The van der Waals surface area contributed by atoms with Gasteiger partial charge in [-0.15, -0.1) is 11.6 Å². The van der Waals surface area contributed by atoms with E-state index in [1.807, 2.05) is 160 Å². The molecule has 1 saturated carbocycles. The summed E-state index contributed by atoms with van der Waals surface area (Å²) in [6.07, 6.45) is 4.01. The summed E-state index contributed by atoms with van der Waals surface area (Å²) in [5.74, 6) is -2.35. The van der Waals surface area contributed by atoms with Gasteiger partial charge in [0.15, 0.2) is 11.2 Å². The van der Waals surface area contributed by atoms with Crippen LogP contribution in [-0.4, -0.2) is 194 Å². The number of aliphatic hydroxyl groups excluding tert-OH is 1. The third kappa shape index (κ3) is 36.3. The topological polar surface area (TPSA) is 438 Å². The number of para-hydroxylation sites is 4. The van der Waals surface area contributed by atoms with Crippen LogP contribution in [0.1, 0.15) is 160 Å². The number of anilines is 2. The van der Waals surface area contributed by atoms with Gasteiger partial charge >= 0.3 is 71.5 Å². The number of H-pyrrole nitrogens is 2. The van der Waals surface area contributed by atoms with E-state index in [9.17, 15) is 51.8 Å². The van der Waals surface area contributed by atoms with Crippen LogP contribution >= 0.6 is 46.4 Å². The number of aryl methyl sites for hydroxylation is 3. The van der Waals surface area contributed by atoms with E-state index in [1.165, 1.54) is 71.5 Å². The zero-order chi connectivity index (χ0) is 107. The average molecular weight is 2130 g/mol. The molecule has 2 unspecified atom stereocenters. The number of aromatic amines is 2. The van der Waals surface area contributed by atoms with Gasteiger partial charge < -0.3 is 69.4 Å². The van der Waals surface area contributed by atoms with Crippen molar-refractivity contribution < 1.29 is 106 Å². The number of ketones is 1. The monoisotopic (exact) mass is 2120 g/mol. The Morgan fingerprint density at radius 2 is 1.23 bits per heavy atom. The molecule has 1 aliphatic carbocycles. The van der Waals surface area contributed by atoms with Crippen LogP contribution in [-0.2, 0) is 75.6 Å². The summed E-state index contributed by atoms with van der Waals surface area (Å²) in [6, 6.07) is 82.3. The molecule has 0 spiro atoms. The maximum absolute atomic E-state index is 12.8. The summed E-state index contributed by atoms with van der Waals surface area (Å²) in [5.41, 5.74) is 14.4. The number of methoxy groups -OCH3 is 2. The Kier molecular flexibility index (Phi) is 47.3. The molecule has 17 rings (SSSR count). The van der Waals surface area contributed by atoms with Gasteiger partial charge in [-0.25, -0.2) is 14.5 Å². The number of hydrogen-bond donors (Lipinski definition) is 10. The molecule has 30 nitrogen and oxygen atoms in total. The number of halogens is 7. The molecular weight excluding hydrogens is 2010 g/mol. The number of hydrogen-bond acceptors (Lipinski definition) is 21. The molecule has 15 aromatic rings. The Balaban J connectivity index is 0.000000190. The van der Waals surface area contributed by atoms with Crippen molar-refractivity contribution in [2.45, 2.75) is 134 Å². The molecule has 0 saturated heterocycles. The number of carbonyl (C=O) groups excluding carboxylic acids is 2. The molecule has 0 bridgehead atoms. The molecule has 11 aromatic carbocycles. The van der Waals surface area contributed by atoms with Gasteiger partial charge in [0.05, 0.1) is 105 Å². The minimum absolute atomic E-state index is 0. The third-order valence-electron chi connectivity index (χ3n) is 23.0. The number of carbonyl (C=O) groups is 7. The Hall–Kier alpha value is -14.4. The van der Waals surface area contributed by atoms with Gasteiger partial charge in [0, 0.05) is 62.0 Å². The van der Waals surface area contributed by atoms with E-state index in [2.05, 4.69) is 66.0 Å². The fourth-order valence-corrected chi connectivity index (χ4v) is 16.6. The molecule has 2 aliphatic rings. The van der Waals surface area contributed by atoms with Crippen molar-refractivity contribution in [1.29, 1.82) is 5.41 Å². The predicted molar refractivity (Wildman–Crippen MR) is 565 cm³/mol. The Morgan fingerprint density at radius 3 is 1.83 bits per heavy atom. The molecule has 776 valence electrons. The molecule has 38 heteroatoms. The predicted octanol–water partition coefficient (Wildman–Crippen LogP) is 23.3. The van der Waals surface area contributed by atoms with Crippen molar-refractivity contribution >= 4 is 140 Å². The fourth-order valence-electron chi connectivity index (χ4n) is 15.7. The molecule has 0 radical (unpaired) electrons. The first-order valence-corrected chi connectivity index (χ1v) is 48.5. The summed E-state index contributed by atoms with van der Waals surface area (Å²) in [5, 5.41) is 78.5. The number of aliphatic hydroxyl groups is 1. The molecule has 2 atom stereocenters. The number of fused-ring (bicyclic) bond motifs is 3. The number of carboxylic acid groups (broad SMARTS) is 5. The number of aromatic nitrogens is 9. The van der Waals surface area contributed by atoms with Gasteiger partial charge in [-0.1, -0.05) is 267 Å². The molecular formula is C111H113Cl4F3N11NaO19. The quantitative estimate of drug-likeness (QED) is 0.00634. The Bertz CT molecular complexity index is 6970. The summed E-state index contributed by atoms with van der Waals surface area (Å²) in [6.45, 7) is 8.61. The molecule has 1 fully saturated rings. The maximum atomic E-state index is 12.8. The standard InChI is InChI=1S/C18H18F3NO4.C17H21NO3.C16H14O3.C14H10Cl2O3.C14H16Cl2O2.C14H12O2.C11H14N4O2.C7H7N5.Na.H/c19-18(20,21)13-4-3-5-14(12-13)22-16-7-2-1-6-15(16)17(24)26-11-10-25-9-8-23;1-3-11-6-5-7-12-13-8-9-21-17(4-2,10-14(19)20)16(13)18-15(11)12;17-15(10-11-16(18)19)14-8-6-13(7-9-14)12-4-2-1-3-5-12;15-10-5-6-13(11(16)8-10)19-12-4-2-1-3-9(12)7-14(17)18;15-12-8-10(13(16)14(17)18)6-7-11(12)9-4-2-1-3-5-9;15-14(16)10-11-6-8-13(9-7-11)12-4-2-1-3-5-12;1-7-5-9(16-3)13-11(12-7)15-10(17-4)6-8(2)14-15;8-7-9-10-11-12(7)6-4-2-1-3-5-6;;/h1-7,12,22-23H,8-11H2;5-7,18H,3-4,8-10H2,1-2H3,(H,19,20);1-9H,10-11H2,(H,18,19);1-6,8H,7H2,(H,17,18);6-9,13H,1-5H2,(H,17,18);1-9H,10H2,(H,15,16);5-6H,1-4H3;1-5H,(H2,8,9,11);;. The van der Waals surface area contributed by atoms with E-state index in [-0.39, 0.29) is 111 Å². The fraction of sp³-hybridized carbons (Fsp3) is 0.252. The van der Waals surface area contributed by atoms with Crippen LogP contribution in [0.4, 0.5) is 24.5 Å². The van der Waals surface area contributed by atoms with Crippen LogP contribution < -0.4 is 25.1 Å². The van der Waals surface area contributed by atoms with Gasteiger partial charge in [0.25, 0.3) is 11.6 Å². The summed E-state index contributed by atoms with van der Waals surface area (Å²) < 4.78 is 73.4. The van der Waals surface area contributed by atoms with E-state index < -0.39 is 58.5 Å². The molecule has 149 heavy (non-hydrogen) atoms. The first kappa shape index (κ1) is 118. The van der Waals surface area contributed by atoms with Crippen LogP contribution in [0.5, 0.6) is 23.3 Å². The summed E-state index contributed by atoms with van der Waals surface area (Å²) in [4.78, 5) is 89.8. The Labute approximate surface area is 900 Å². The van der Waals surface area contributed by atoms with Crippen LogP contribution in [0.25, 0.3) is 44.8 Å². The van der Waals surface area contributed by atoms with Crippen molar-refractivity contribution in [1.82, 2.24) is 44.9 Å². The van der Waals surface area contributed by atoms with E-state index in [0.717, 1.165) is 86.6 Å². The zero-order valence-corrected chi connectivity index (χ0v) is 84.7. The first-order chi connectivity index (χ1) is 71.1. The minimum atomic E-state index is -4.45. The number of tetrazole rings is 1. The number of aliphatic carboxylic acids is 5. The van der Waals surface area contributed by atoms with Crippen molar-refractivity contribution in [3.05, 3.63) is 367 Å². The van der Waals surface area contributed by atoms with Crippen LogP contribution in [0, 0.1) is 19.3 Å². The average Bonchev–Trinajstić information content (AvgIpc) is 1.58. The number of nitrogens with zero attached hydrogens (tertiary/aromatic N) is 7. The molecule has 0 amide bonds. The van der Waals surface area contributed by atoms with E-state index in [1.54, 1.807) is 110 Å². The van der Waals surface area contributed by atoms with Crippen LogP contribution in [0.15, 0.2) is 279 Å². The number of alkyl halides is 4. The van der Waals surface area contributed by atoms with E-state index in [0.29, 0.717) is 85.6 Å². The number of benzene rings is 11. The number of carboxylic acids is 5. The van der Waals surface area contributed by atoms with Crippen molar-refractivity contribution in [2.75, 3.05) is 52.6 Å². The Morgan fingerprint density at radius 1 is 0.611 bits per heavy atom. The zero-order valence-electron chi connectivity index (χ0n) is 81.7. The molecule has 4 aromatic heterocycles. The van der Waals surface area contributed by atoms with Crippen LogP contribution in [0.2, 0.25) is 15.1 Å². The van der Waals surface area contributed by atoms with Gasteiger partial charge in [0.2, 0.25) is 11.8 Å². The van der Waals surface area contributed by atoms with E-state index >= 15 is 0 Å². The normalized spacial score (nSPS) is 12.9. The van der Waals surface area contributed by atoms with Crippen molar-refractivity contribution in [3.8, 4) is 57.1 Å². The van der Waals surface area contributed by atoms with Crippen LogP contribution in [0.3, 0.4) is 0 Å². The summed E-state index contributed by atoms with van der Waals surface area (Å²) >= 11 is 23.9. The number of esters is 1. The van der Waals surface area contributed by atoms with Gasteiger partial charge in [0.1, 0.15) is 23.7 Å². The second kappa shape index (κ2) is 59.6. The third-order valence-corrected chi connectivity index (χ3v) is 24.3. The number of rotatable bonds is 31. The van der Waals surface area contributed by atoms with Gasteiger partial charge in [-0.2, -0.15) is 33.1 Å². The SMILES string of the molecule is CCc1cccc2c3c([nH]c12)C(CC)(CC(=O)O)OCC3.COc1cc(C)nc(-n2nc(C)cc2OC)n1.N=c1nn[nH]n1-c1ccccc1.O=C(O)C(Cl)c1ccc(C2CCCCC2)c(Cl)c1.O=C(O)CCC(=O)c1ccc(-c2ccccc2)cc1.O=C(O)Cc1ccc(-c2ccccc2)cc1.O=C(O)Cc1ccccc1Oc1ccc(Cl)cc1Cl.O=C(OCCOCCO)c1ccccc1Nc1cccc(C(F)(F)F)c1.[NaH]. The number of nitrogens with one attached hydrogen (secondary N) is 4. The first-order valence-electron chi connectivity index (χ1n) is 47.0. The summed E-state index contributed by atoms with van der Waals surface area (Å²) in [7, 11) is 3.15. The second-order valence-electron chi connectivity index (χ2n) is 33.4. The molecule has 5 heterocycles. The van der Waals surface area contributed by atoms with E-state index in [4.69, 9.17) is 106 Å². The van der Waals surface area contributed by atoms with Gasteiger partial charge in [-0.3, -0.25) is 34.2 Å². The molecule has 1 aliphatic heterocycles. The van der Waals surface area contributed by atoms with Crippen molar-refractivity contribution in [3.63, 3.8) is 0 Å². The van der Waals surface area contributed by atoms with Gasteiger partial charge in [-0.05, 0) is 180 Å². The molecule has 10 N–H and O–H groups in total. The number of ether oxygens (including phenoxy) is 6. The number of Topliss-reactive ketones (excluding diaryl/α,β-unsaturated/α-hetero) is 1.